The minimum atomic E-state index is -0.352. The number of aromatic nitrogens is 1. The maximum absolute atomic E-state index is 10.6. The highest BCUT2D eigenvalue weighted by molar-refractivity contribution is 5.16. The molecule has 1 aromatic rings. The van der Waals surface area contributed by atoms with Crippen LogP contribution >= 0.6 is 0 Å². The summed E-state index contributed by atoms with van der Waals surface area (Å²) >= 11 is 0. The lowest BCUT2D eigenvalue weighted by atomic mass is 10.3. The van der Waals surface area contributed by atoms with Gasteiger partial charge in [0, 0.05) is 0 Å². The second-order valence-electron chi connectivity index (χ2n) is 1.67. The van der Waals surface area contributed by atoms with Gasteiger partial charge in [-0.1, -0.05) is 6.92 Å². The predicted octanol–water partition coefficient (Wildman–Crippen LogP) is 0.236. The molecule has 1 rings (SSSR count). The average Bonchev–Trinajstić information content (AvgIpc) is 2.12. The predicted molar refractivity (Wildman–Crippen MR) is 30.4 cm³/mol. The van der Waals surface area contributed by atoms with Crippen molar-refractivity contribution in [1.82, 2.24) is 5.16 Å². The van der Waals surface area contributed by atoms with Crippen molar-refractivity contribution in [3.63, 3.8) is 0 Å². The Morgan fingerprint density at radius 1 is 1.78 bits per heavy atom. The molecule has 0 aromatic carbocycles. The van der Waals surface area contributed by atoms with Crippen LogP contribution in [0.2, 0.25) is 0 Å². The van der Waals surface area contributed by atoms with E-state index in [0.29, 0.717) is 12.0 Å². The van der Waals surface area contributed by atoms with Crippen LogP contribution in [0.15, 0.2) is 9.32 Å². The van der Waals surface area contributed by atoms with E-state index in [1.807, 2.05) is 5.16 Å². The summed E-state index contributed by atoms with van der Waals surface area (Å²) in [6.45, 7) is 1.76. The van der Waals surface area contributed by atoms with Crippen molar-refractivity contribution in [3.05, 3.63) is 15.9 Å². The van der Waals surface area contributed by atoms with Gasteiger partial charge in [0.1, 0.15) is 5.56 Å². The summed E-state index contributed by atoms with van der Waals surface area (Å²) in [6.07, 6.45) is 0.484. The summed E-state index contributed by atoms with van der Waals surface area (Å²) in [4.78, 5) is 10.6. The molecule has 0 bridgehead atoms. The largest absolute Gasteiger partial charge is 0.479 e. The molecule has 50 valence electrons. The van der Waals surface area contributed by atoms with Gasteiger partial charge in [0.25, 0.3) is 5.56 Å². The number of hydrogen-bond donors (Lipinski definition) is 2. The van der Waals surface area contributed by atoms with Gasteiger partial charge in [-0.15, -0.1) is 0 Å². The van der Waals surface area contributed by atoms with E-state index in [1.54, 1.807) is 6.92 Å². The molecule has 1 heterocycles. The number of nitrogens with one attached hydrogen (secondary N) is 1. The van der Waals surface area contributed by atoms with Crippen LogP contribution in [0.3, 0.4) is 0 Å². The monoisotopic (exact) mass is 129 g/mol. The van der Waals surface area contributed by atoms with Crippen LogP contribution in [-0.2, 0) is 6.42 Å². The summed E-state index contributed by atoms with van der Waals surface area (Å²) < 4.78 is 4.30. The van der Waals surface area contributed by atoms with Crippen LogP contribution in [0.25, 0.3) is 0 Å². The van der Waals surface area contributed by atoms with Crippen LogP contribution in [0.5, 0.6) is 5.95 Å². The SMILES string of the molecule is CCc1c(O)o[nH]c1=O. The molecule has 0 saturated heterocycles. The van der Waals surface area contributed by atoms with Crippen molar-refractivity contribution in [1.29, 1.82) is 0 Å². The topological polar surface area (TPSA) is 66.2 Å². The van der Waals surface area contributed by atoms with E-state index in [1.165, 1.54) is 0 Å². The van der Waals surface area contributed by atoms with Crippen molar-refractivity contribution < 1.29 is 9.63 Å². The zero-order valence-electron chi connectivity index (χ0n) is 4.97. The zero-order valence-corrected chi connectivity index (χ0v) is 4.97. The zero-order chi connectivity index (χ0) is 6.85. The van der Waals surface area contributed by atoms with Crippen molar-refractivity contribution in [2.45, 2.75) is 13.3 Å². The molecule has 4 nitrogen and oxygen atoms in total. The van der Waals surface area contributed by atoms with E-state index in [4.69, 9.17) is 5.11 Å². The molecule has 1 aromatic heterocycles. The molecule has 0 amide bonds. The van der Waals surface area contributed by atoms with E-state index in [9.17, 15) is 4.79 Å². The molecular formula is C5H7NO3. The Kier molecular flexibility index (Phi) is 1.30. The van der Waals surface area contributed by atoms with Crippen LogP contribution in [-0.4, -0.2) is 10.3 Å². The summed E-state index contributed by atoms with van der Waals surface area (Å²) in [7, 11) is 0. The molecular weight excluding hydrogens is 122 g/mol. The lowest BCUT2D eigenvalue weighted by Gasteiger charge is -1.81. The molecule has 9 heavy (non-hydrogen) atoms. The Hall–Kier alpha value is -1.19. The molecule has 0 aliphatic heterocycles. The van der Waals surface area contributed by atoms with Gasteiger partial charge in [0.15, 0.2) is 0 Å². The minimum absolute atomic E-state index is 0.301. The van der Waals surface area contributed by atoms with Crippen molar-refractivity contribution >= 4 is 0 Å². The van der Waals surface area contributed by atoms with Gasteiger partial charge < -0.3 is 9.63 Å². The molecule has 4 heteroatoms. The van der Waals surface area contributed by atoms with Gasteiger partial charge in [-0.25, -0.2) is 0 Å². The molecule has 0 aliphatic carbocycles. The smallest absolute Gasteiger partial charge is 0.313 e. The molecule has 0 spiro atoms. The van der Waals surface area contributed by atoms with E-state index < -0.39 is 0 Å². The third-order valence-corrected chi connectivity index (χ3v) is 1.13. The summed E-state index contributed by atoms with van der Waals surface area (Å²) in [5.74, 6) is -0.303. The van der Waals surface area contributed by atoms with E-state index in [0.717, 1.165) is 0 Å². The lowest BCUT2D eigenvalue weighted by molar-refractivity contribution is 0.274. The van der Waals surface area contributed by atoms with Crippen LogP contribution in [0.1, 0.15) is 12.5 Å². The average molecular weight is 129 g/mol. The van der Waals surface area contributed by atoms with Gasteiger partial charge in [-0.05, 0) is 6.42 Å². The minimum Gasteiger partial charge on any atom is -0.479 e. The Morgan fingerprint density at radius 2 is 2.44 bits per heavy atom. The molecule has 0 radical (unpaired) electrons. The Labute approximate surface area is 51.1 Å². The van der Waals surface area contributed by atoms with Gasteiger partial charge in [0.2, 0.25) is 0 Å². The van der Waals surface area contributed by atoms with Crippen molar-refractivity contribution in [2.24, 2.45) is 0 Å². The highest BCUT2D eigenvalue weighted by Gasteiger charge is 2.06. The Morgan fingerprint density at radius 3 is 2.67 bits per heavy atom. The first-order valence-corrected chi connectivity index (χ1v) is 2.65. The summed E-state index contributed by atoms with van der Waals surface area (Å²) in [5.41, 5.74) is -0.0509. The fraction of sp³-hybridized carbons (Fsp3) is 0.400. The van der Waals surface area contributed by atoms with Crippen molar-refractivity contribution in [3.8, 4) is 5.95 Å². The van der Waals surface area contributed by atoms with Crippen LogP contribution in [0.4, 0.5) is 0 Å². The normalized spacial score (nSPS) is 9.89. The summed E-state index contributed by atoms with van der Waals surface area (Å²) in [6, 6.07) is 0. The highest BCUT2D eigenvalue weighted by atomic mass is 16.6. The Bertz CT molecular complexity index is 247. The quantitative estimate of drug-likeness (QED) is 0.570. The van der Waals surface area contributed by atoms with E-state index in [2.05, 4.69) is 4.52 Å². The maximum atomic E-state index is 10.6. The fourth-order valence-electron chi connectivity index (χ4n) is 0.627. The first kappa shape index (κ1) is 5.94. The molecule has 0 atom stereocenters. The number of hydrogen-bond acceptors (Lipinski definition) is 3. The van der Waals surface area contributed by atoms with E-state index in [-0.39, 0.29) is 11.5 Å². The number of H-pyrrole nitrogens is 1. The standard InChI is InChI=1S/C5H7NO3/c1-2-3-4(7)6-9-5(3)8/h8H,2H2,1H3,(H,6,7). The molecule has 2 N–H and O–H groups in total. The third kappa shape index (κ3) is 0.826. The third-order valence-electron chi connectivity index (χ3n) is 1.13. The van der Waals surface area contributed by atoms with Gasteiger partial charge >= 0.3 is 5.95 Å². The van der Waals surface area contributed by atoms with Gasteiger partial charge in [-0.2, -0.15) is 5.16 Å². The van der Waals surface area contributed by atoms with Crippen LogP contribution in [0, 0.1) is 0 Å². The molecule has 0 aliphatic rings. The fourth-order valence-corrected chi connectivity index (χ4v) is 0.627. The number of aromatic amines is 1. The summed E-state index contributed by atoms with van der Waals surface area (Å²) in [5, 5.41) is 10.7. The van der Waals surface area contributed by atoms with Gasteiger partial charge in [0.05, 0.1) is 0 Å². The highest BCUT2D eigenvalue weighted by Crippen LogP contribution is 2.09. The molecule has 0 unspecified atom stereocenters. The second kappa shape index (κ2) is 1.97. The first-order chi connectivity index (χ1) is 4.25. The first-order valence-electron chi connectivity index (χ1n) is 2.65. The molecule has 0 saturated carbocycles. The van der Waals surface area contributed by atoms with Crippen LogP contribution < -0.4 is 5.56 Å². The maximum Gasteiger partial charge on any atom is 0.313 e. The number of rotatable bonds is 1. The number of aromatic hydroxyl groups is 1. The van der Waals surface area contributed by atoms with Crippen molar-refractivity contribution in [2.75, 3.05) is 0 Å². The Balaban J connectivity index is 3.23. The van der Waals surface area contributed by atoms with Gasteiger partial charge in [-0.3, -0.25) is 4.79 Å². The lowest BCUT2D eigenvalue weighted by Crippen LogP contribution is -2.03. The second-order valence-corrected chi connectivity index (χ2v) is 1.67. The molecule has 0 fully saturated rings. The van der Waals surface area contributed by atoms with E-state index >= 15 is 0 Å².